The lowest BCUT2D eigenvalue weighted by Gasteiger charge is -2.41. The molecule has 1 aromatic rings. The zero-order valence-corrected chi connectivity index (χ0v) is 10.5. The summed E-state index contributed by atoms with van der Waals surface area (Å²) in [5.41, 5.74) is 0.650. The zero-order valence-electron chi connectivity index (χ0n) is 8.87. The van der Waals surface area contributed by atoms with Crippen LogP contribution in [-0.2, 0) is 10.2 Å². The molecule has 2 rings (SSSR count). The maximum atomic E-state index is 12.1. The molecule has 3 heteroatoms. The molecule has 82 valence electrons. The van der Waals surface area contributed by atoms with Crippen LogP contribution in [0.25, 0.3) is 0 Å². The molecule has 1 saturated carbocycles. The van der Waals surface area contributed by atoms with E-state index < -0.39 is 5.41 Å². The number of Topliss-reactive ketones (excluding diaryl/α,β-unsaturated/α-hetero) is 1. The lowest BCUT2D eigenvalue weighted by Crippen LogP contribution is -2.42. The molecule has 0 aliphatic heterocycles. The van der Waals surface area contributed by atoms with E-state index in [0.29, 0.717) is 0 Å². The first kappa shape index (κ1) is 11.3. The third kappa shape index (κ3) is 1.68. The molecule has 0 radical (unpaired) electrons. The Kier molecular flexibility index (Phi) is 3.11. The number of nitriles is 1. The molecular weight excluding hydrogens is 266 g/mol. The quantitative estimate of drug-likeness (QED) is 0.850. The second kappa shape index (κ2) is 4.39. The van der Waals surface area contributed by atoms with Gasteiger partial charge >= 0.3 is 0 Å². The molecule has 0 amide bonds. The molecule has 0 heterocycles. The van der Waals surface area contributed by atoms with Gasteiger partial charge in [0.05, 0.1) is 17.9 Å². The third-order valence-corrected chi connectivity index (χ3v) is 4.06. The lowest BCUT2D eigenvalue weighted by molar-refractivity contribution is -0.126. The highest BCUT2D eigenvalue weighted by molar-refractivity contribution is 9.10. The molecule has 0 aromatic heterocycles. The van der Waals surface area contributed by atoms with E-state index in [1.54, 1.807) is 0 Å². The summed E-state index contributed by atoms with van der Waals surface area (Å²) < 4.78 is 0.973. The lowest BCUT2D eigenvalue weighted by atomic mass is 9.61. The topological polar surface area (TPSA) is 40.9 Å². The predicted octanol–water partition coefficient (Wildman–Crippen LogP) is 3.35. The molecule has 2 nitrogen and oxygen atoms in total. The molecule has 0 unspecified atom stereocenters. The van der Waals surface area contributed by atoms with Crippen molar-refractivity contribution in [2.75, 3.05) is 0 Å². The van der Waals surface area contributed by atoms with E-state index in [9.17, 15) is 4.79 Å². The number of hydrogen-bond acceptors (Lipinski definition) is 2. The number of carbonyl (C=O) groups is 1. The van der Waals surface area contributed by atoms with Crippen molar-refractivity contribution in [3.63, 3.8) is 0 Å². The summed E-state index contributed by atoms with van der Waals surface area (Å²) in [5, 5.41) is 8.65. The van der Waals surface area contributed by atoms with E-state index in [1.165, 1.54) is 0 Å². The molecule has 1 fully saturated rings. The SMILES string of the molecule is N#CCC(=O)C1(c2ccccc2Br)CCC1. The fourth-order valence-electron chi connectivity index (χ4n) is 2.32. The maximum Gasteiger partial charge on any atom is 0.157 e. The third-order valence-electron chi connectivity index (χ3n) is 3.37. The summed E-state index contributed by atoms with van der Waals surface area (Å²) in [4.78, 5) is 12.1. The van der Waals surface area contributed by atoms with Crippen LogP contribution in [0.5, 0.6) is 0 Å². The van der Waals surface area contributed by atoms with Gasteiger partial charge in [-0.2, -0.15) is 5.26 Å². The van der Waals surface area contributed by atoms with Gasteiger partial charge in [-0.15, -0.1) is 0 Å². The van der Waals surface area contributed by atoms with Crippen molar-refractivity contribution >= 4 is 21.7 Å². The first-order valence-electron chi connectivity index (χ1n) is 5.36. The first-order valence-corrected chi connectivity index (χ1v) is 6.15. The Labute approximate surface area is 103 Å². The molecule has 1 aliphatic carbocycles. The van der Waals surface area contributed by atoms with Gasteiger partial charge in [0.15, 0.2) is 5.78 Å². The Morgan fingerprint density at radius 3 is 2.62 bits per heavy atom. The highest BCUT2D eigenvalue weighted by atomic mass is 79.9. The largest absolute Gasteiger partial charge is 0.298 e. The van der Waals surface area contributed by atoms with Crippen molar-refractivity contribution in [3.8, 4) is 6.07 Å². The van der Waals surface area contributed by atoms with Gasteiger partial charge in [0.25, 0.3) is 0 Å². The number of nitrogens with zero attached hydrogens (tertiary/aromatic N) is 1. The van der Waals surface area contributed by atoms with Gasteiger partial charge in [-0.05, 0) is 24.5 Å². The predicted molar refractivity (Wildman–Crippen MR) is 64.9 cm³/mol. The van der Waals surface area contributed by atoms with Gasteiger partial charge in [-0.3, -0.25) is 4.79 Å². The summed E-state index contributed by atoms with van der Waals surface area (Å²) in [5.74, 6) is 0.0631. The number of rotatable bonds is 3. The van der Waals surface area contributed by atoms with E-state index in [4.69, 9.17) is 5.26 Å². The molecule has 16 heavy (non-hydrogen) atoms. The van der Waals surface area contributed by atoms with Gasteiger partial charge in [-0.1, -0.05) is 40.5 Å². The van der Waals surface area contributed by atoms with Crippen molar-refractivity contribution in [2.24, 2.45) is 0 Å². The van der Waals surface area contributed by atoms with Gasteiger partial charge in [-0.25, -0.2) is 0 Å². The average Bonchev–Trinajstić information content (AvgIpc) is 2.19. The Hall–Kier alpha value is -1.14. The van der Waals surface area contributed by atoms with Crippen molar-refractivity contribution in [1.82, 2.24) is 0 Å². The van der Waals surface area contributed by atoms with Gasteiger partial charge in [0.1, 0.15) is 0 Å². The summed E-state index contributed by atoms with van der Waals surface area (Å²) in [6.45, 7) is 0. The molecule has 0 N–H and O–H groups in total. The van der Waals surface area contributed by atoms with Crippen molar-refractivity contribution < 1.29 is 4.79 Å². The fraction of sp³-hybridized carbons (Fsp3) is 0.385. The fourth-order valence-corrected chi connectivity index (χ4v) is 2.98. The molecular formula is C13H12BrNO. The van der Waals surface area contributed by atoms with Crippen LogP contribution in [0.15, 0.2) is 28.7 Å². The molecule has 0 atom stereocenters. The van der Waals surface area contributed by atoms with Gasteiger partial charge in [0, 0.05) is 4.47 Å². The Morgan fingerprint density at radius 1 is 1.44 bits per heavy atom. The van der Waals surface area contributed by atoms with E-state index in [0.717, 1.165) is 29.3 Å². The normalized spacial score (nSPS) is 17.2. The summed E-state index contributed by atoms with van der Waals surface area (Å²) in [7, 11) is 0. The molecule has 1 aliphatic rings. The number of benzene rings is 1. The number of ketones is 1. The Balaban J connectivity index is 2.40. The number of hydrogen-bond donors (Lipinski definition) is 0. The zero-order chi connectivity index (χ0) is 11.6. The van der Waals surface area contributed by atoms with Crippen molar-refractivity contribution in [2.45, 2.75) is 31.1 Å². The highest BCUT2D eigenvalue weighted by Crippen LogP contribution is 2.47. The van der Waals surface area contributed by atoms with E-state index in [-0.39, 0.29) is 12.2 Å². The first-order chi connectivity index (χ1) is 7.70. The molecule has 0 spiro atoms. The van der Waals surface area contributed by atoms with Crippen LogP contribution in [0.1, 0.15) is 31.2 Å². The minimum atomic E-state index is -0.393. The second-order valence-electron chi connectivity index (χ2n) is 4.17. The van der Waals surface area contributed by atoms with Crippen LogP contribution in [0.4, 0.5) is 0 Å². The van der Waals surface area contributed by atoms with Crippen LogP contribution in [0, 0.1) is 11.3 Å². The summed E-state index contributed by atoms with van der Waals surface area (Å²) >= 11 is 3.49. The van der Waals surface area contributed by atoms with Crippen LogP contribution < -0.4 is 0 Å². The monoisotopic (exact) mass is 277 g/mol. The van der Waals surface area contributed by atoms with E-state index in [1.807, 2.05) is 30.3 Å². The van der Waals surface area contributed by atoms with Crippen LogP contribution in [0.2, 0.25) is 0 Å². The molecule has 0 saturated heterocycles. The molecule has 0 bridgehead atoms. The van der Waals surface area contributed by atoms with Crippen molar-refractivity contribution in [3.05, 3.63) is 34.3 Å². The van der Waals surface area contributed by atoms with Gasteiger partial charge in [0.2, 0.25) is 0 Å². The average molecular weight is 278 g/mol. The summed E-state index contributed by atoms with van der Waals surface area (Å²) in [6.07, 6.45) is 2.83. The highest BCUT2D eigenvalue weighted by Gasteiger charge is 2.45. The van der Waals surface area contributed by atoms with E-state index in [2.05, 4.69) is 15.9 Å². The Morgan fingerprint density at radius 2 is 2.12 bits per heavy atom. The minimum Gasteiger partial charge on any atom is -0.298 e. The second-order valence-corrected chi connectivity index (χ2v) is 5.03. The number of carbonyl (C=O) groups excluding carboxylic acids is 1. The standard InChI is InChI=1S/C13H12BrNO/c14-11-5-2-1-4-10(11)13(7-3-8-13)12(16)6-9-15/h1-2,4-5H,3,6-8H2. The van der Waals surface area contributed by atoms with Crippen LogP contribution in [0.3, 0.4) is 0 Å². The van der Waals surface area contributed by atoms with Crippen LogP contribution >= 0.6 is 15.9 Å². The maximum absolute atomic E-state index is 12.1. The van der Waals surface area contributed by atoms with Crippen molar-refractivity contribution in [1.29, 1.82) is 5.26 Å². The minimum absolute atomic E-state index is 0.0152. The van der Waals surface area contributed by atoms with Gasteiger partial charge < -0.3 is 0 Å². The number of halogens is 1. The summed E-state index contributed by atoms with van der Waals surface area (Å²) in [6, 6.07) is 9.79. The van der Waals surface area contributed by atoms with Crippen LogP contribution in [-0.4, -0.2) is 5.78 Å². The van der Waals surface area contributed by atoms with E-state index >= 15 is 0 Å². The smallest absolute Gasteiger partial charge is 0.157 e. The molecule has 1 aromatic carbocycles. The Bertz CT molecular complexity index is 457.